The maximum absolute atomic E-state index is 12.2. The molecule has 28 heavy (non-hydrogen) atoms. The molecule has 152 valence electrons. The van der Waals surface area contributed by atoms with Gasteiger partial charge in [0.05, 0.1) is 37.5 Å². The van der Waals surface area contributed by atoms with Crippen LogP contribution in [0.2, 0.25) is 0 Å². The fourth-order valence-corrected chi connectivity index (χ4v) is 5.22. The second kappa shape index (κ2) is 8.31. The van der Waals surface area contributed by atoms with Crippen LogP contribution in [-0.4, -0.2) is 70.5 Å². The number of rotatable bonds is 7. The summed E-state index contributed by atoms with van der Waals surface area (Å²) in [5.41, 5.74) is 0. The standard InChI is InChI=1S/C15H20N6O5S2/c1-21-13(9-4-5-28(23,24)8-9)19-20-15(21)27-7-10(22)16-14-17-11(25-2)6-12(18-14)26-3/h6,9H,4-5,7-8H2,1-3H3,(H,16,17,18,22)/t9-/m1/s1. The summed E-state index contributed by atoms with van der Waals surface area (Å²) >= 11 is 1.18. The van der Waals surface area contributed by atoms with Crippen molar-refractivity contribution in [3.63, 3.8) is 0 Å². The van der Waals surface area contributed by atoms with E-state index in [-0.39, 0.29) is 46.8 Å². The van der Waals surface area contributed by atoms with Crippen molar-refractivity contribution >= 4 is 33.5 Å². The van der Waals surface area contributed by atoms with Crippen molar-refractivity contribution < 1.29 is 22.7 Å². The smallest absolute Gasteiger partial charge is 0.237 e. The highest BCUT2D eigenvalue weighted by atomic mass is 32.2. The van der Waals surface area contributed by atoms with E-state index in [0.717, 1.165) is 0 Å². The second-order valence-electron chi connectivity index (χ2n) is 6.11. The average Bonchev–Trinajstić information content (AvgIpc) is 3.21. The Labute approximate surface area is 166 Å². The Hall–Kier alpha value is -2.41. The van der Waals surface area contributed by atoms with Gasteiger partial charge in [-0.05, 0) is 6.42 Å². The molecule has 1 aliphatic rings. The van der Waals surface area contributed by atoms with E-state index < -0.39 is 9.84 Å². The molecule has 13 heteroatoms. The van der Waals surface area contributed by atoms with Crippen LogP contribution in [0, 0.1) is 0 Å². The number of anilines is 1. The molecule has 2 aromatic rings. The van der Waals surface area contributed by atoms with Crippen LogP contribution in [0.1, 0.15) is 18.2 Å². The minimum Gasteiger partial charge on any atom is -0.481 e. The highest BCUT2D eigenvalue weighted by molar-refractivity contribution is 7.99. The third-order valence-corrected chi connectivity index (χ3v) is 6.94. The molecule has 1 N–H and O–H groups in total. The third kappa shape index (κ3) is 4.70. The van der Waals surface area contributed by atoms with E-state index in [1.165, 1.54) is 32.0 Å². The largest absolute Gasteiger partial charge is 0.481 e. The number of hydrogen-bond donors (Lipinski definition) is 1. The number of nitrogens with zero attached hydrogens (tertiary/aromatic N) is 5. The molecule has 0 saturated carbocycles. The van der Waals surface area contributed by atoms with Crippen molar-refractivity contribution in [3.8, 4) is 11.8 Å². The molecule has 0 aromatic carbocycles. The molecule has 1 atom stereocenters. The Morgan fingerprint density at radius 1 is 1.29 bits per heavy atom. The molecule has 3 rings (SSSR count). The van der Waals surface area contributed by atoms with Crippen LogP contribution in [0.15, 0.2) is 11.2 Å². The van der Waals surface area contributed by atoms with Gasteiger partial charge in [0.2, 0.25) is 23.6 Å². The molecule has 2 aromatic heterocycles. The molecule has 0 radical (unpaired) electrons. The van der Waals surface area contributed by atoms with Gasteiger partial charge in [-0.1, -0.05) is 11.8 Å². The molecule has 1 amide bonds. The van der Waals surface area contributed by atoms with Crippen LogP contribution in [-0.2, 0) is 21.7 Å². The maximum Gasteiger partial charge on any atom is 0.237 e. The van der Waals surface area contributed by atoms with E-state index in [1.807, 2.05) is 0 Å². The lowest BCUT2D eigenvalue weighted by Crippen LogP contribution is -2.17. The summed E-state index contributed by atoms with van der Waals surface area (Å²) in [4.78, 5) is 20.3. The number of nitrogens with one attached hydrogen (secondary N) is 1. The lowest BCUT2D eigenvalue weighted by Gasteiger charge is -2.08. The predicted octanol–water partition coefficient (Wildman–Crippen LogP) is 0.255. The van der Waals surface area contributed by atoms with Crippen LogP contribution in [0.3, 0.4) is 0 Å². The van der Waals surface area contributed by atoms with Crippen molar-refractivity contribution in [1.29, 1.82) is 0 Å². The number of carbonyl (C=O) groups excluding carboxylic acids is 1. The molecule has 3 heterocycles. The van der Waals surface area contributed by atoms with Crippen molar-refractivity contribution in [3.05, 3.63) is 11.9 Å². The molecular formula is C15H20N6O5S2. The molecule has 1 saturated heterocycles. The third-order valence-electron chi connectivity index (χ3n) is 4.15. The van der Waals surface area contributed by atoms with Gasteiger partial charge in [-0.3, -0.25) is 10.1 Å². The molecule has 11 nitrogen and oxygen atoms in total. The summed E-state index contributed by atoms with van der Waals surface area (Å²) in [6.45, 7) is 0. The fraction of sp³-hybridized carbons (Fsp3) is 0.533. The van der Waals surface area contributed by atoms with E-state index in [2.05, 4.69) is 25.5 Å². The lowest BCUT2D eigenvalue weighted by molar-refractivity contribution is -0.113. The minimum atomic E-state index is -3.01. The van der Waals surface area contributed by atoms with Crippen LogP contribution in [0.25, 0.3) is 0 Å². The van der Waals surface area contributed by atoms with Gasteiger partial charge in [0.1, 0.15) is 5.82 Å². The topological polar surface area (TPSA) is 138 Å². The number of sulfone groups is 1. The second-order valence-corrected chi connectivity index (χ2v) is 9.28. The van der Waals surface area contributed by atoms with Gasteiger partial charge >= 0.3 is 0 Å². The van der Waals surface area contributed by atoms with Gasteiger partial charge in [-0.2, -0.15) is 9.97 Å². The van der Waals surface area contributed by atoms with Crippen molar-refractivity contribution in [1.82, 2.24) is 24.7 Å². The van der Waals surface area contributed by atoms with Gasteiger partial charge in [0.15, 0.2) is 15.0 Å². The summed E-state index contributed by atoms with van der Waals surface area (Å²) in [6.07, 6.45) is 0.536. The van der Waals surface area contributed by atoms with Crippen LogP contribution >= 0.6 is 11.8 Å². The number of aromatic nitrogens is 5. The SMILES string of the molecule is COc1cc(OC)nc(NC(=O)CSc2nnc([C@@H]3CCS(=O)(=O)C3)n2C)n1. The van der Waals surface area contributed by atoms with E-state index in [0.29, 0.717) is 17.4 Å². The zero-order chi connectivity index (χ0) is 20.3. The zero-order valence-corrected chi connectivity index (χ0v) is 17.2. The molecule has 0 aliphatic carbocycles. The number of hydrogen-bond acceptors (Lipinski definition) is 10. The fourth-order valence-electron chi connectivity index (χ4n) is 2.77. The number of methoxy groups -OCH3 is 2. The Morgan fingerprint density at radius 3 is 2.54 bits per heavy atom. The summed E-state index contributed by atoms with van der Waals surface area (Å²) < 4.78 is 35.1. The Bertz CT molecular complexity index is 955. The van der Waals surface area contributed by atoms with Crippen molar-refractivity contribution in [2.24, 2.45) is 7.05 Å². The monoisotopic (exact) mass is 428 g/mol. The van der Waals surface area contributed by atoms with Gasteiger partial charge < -0.3 is 14.0 Å². The van der Waals surface area contributed by atoms with Crippen LogP contribution in [0.5, 0.6) is 11.8 Å². The van der Waals surface area contributed by atoms with E-state index >= 15 is 0 Å². The van der Waals surface area contributed by atoms with Crippen molar-refractivity contribution in [2.75, 3.05) is 36.8 Å². The van der Waals surface area contributed by atoms with Gasteiger partial charge in [0.25, 0.3) is 0 Å². The first kappa shape index (κ1) is 20.3. The molecule has 1 fully saturated rings. The molecule has 0 spiro atoms. The average molecular weight is 428 g/mol. The number of ether oxygens (including phenoxy) is 2. The van der Waals surface area contributed by atoms with Gasteiger partial charge in [-0.25, -0.2) is 8.42 Å². The summed E-state index contributed by atoms with van der Waals surface area (Å²) in [6, 6.07) is 1.49. The first-order chi connectivity index (χ1) is 13.3. The van der Waals surface area contributed by atoms with Crippen molar-refractivity contribution in [2.45, 2.75) is 17.5 Å². The van der Waals surface area contributed by atoms with Crippen LogP contribution in [0.4, 0.5) is 5.95 Å². The van der Waals surface area contributed by atoms with Crippen LogP contribution < -0.4 is 14.8 Å². The summed E-state index contributed by atoms with van der Waals surface area (Å²) in [5.74, 6) is 1.01. The Balaban J connectivity index is 1.61. The van der Waals surface area contributed by atoms with E-state index in [4.69, 9.17) is 9.47 Å². The normalized spacial score (nSPS) is 18.0. The lowest BCUT2D eigenvalue weighted by atomic mass is 10.1. The van der Waals surface area contributed by atoms with Gasteiger partial charge in [0, 0.05) is 13.0 Å². The maximum atomic E-state index is 12.2. The van der Waals surface area contributed by atoms with E-state index in [9.17, 15) is 13.2 Å². The predicted molar refractivity (Wildman–Crippen MR) is 102 cm³/mol. The zero-order valence-electron chi connectivity index (χ0n) is 15.6. The molecule has 1 aliphatic heterocycles. The first-order valence-corrected chi connectivity index (χ1v) is 11.1. The van der Waals surface area contributed by atoms with E-state index in [1.54, 1.807) is 11.6 Å². The highest BCUT2D eigenvalue weighted by Crippen LogP contribution is 2.29. The molecule has 0 bridgehead atoms. The molecule has 0 unspecified atom stereocenters. The molecular weight excluding hydrogens is 408 g/mol. The highest BCUT2D eigenvalue weighted by Gasteiger charge is 2.32. The number of carbonyl (C=O) groups is 1. The Morgan fingerprint density at radius 2 is 1.96 bits per heavy atom. The summed E-state index contributed by atoms with van der Waals surface area (Å²) in [5, 5.41) is 11.3. The number of thioether (sulfide) groups is 1. The van der Waals surface area contributed by atoms with Gasteiger partial charge in [-0.15, -0.1) is 10.2 Å². The summed E-state index contributed by atoms with van der Waals surface area (Å²) in [7, 11) is 1.65. The first-order valence-electron chi connectivity index (χ1n) is 8.30. The minimum absolute atomic E-state index is 0.0534. The quantitative estimate of drug-likeness (QED) is 0.611. The Kier molecular flexibility index (Phi) is 6.03. The number of amides is 1.